The van der Waals surface area contributed by atoms with Crippen LogP contribution in [0.5, 0.6) is 0 Å². The number of H-pyrrole nitrogens is 2. The average molecular weight is 633 g/mol. The number of azide groups is 2. The second-order valence-corrected chi connectivity index (χ2v) is 10.9. The number of carbonyl (C=O) groups is 1. The van der Waals surface area contributed by atoms with Crippen molar-refractivity contribution in [1.29, 1.82) is 0 Å². The van der Waals surface area contributed by atoms with Crippen LogP contribution in [0.25, 0.3) is 20.9 Å². The molecule has 2 aliphatic heterocycles. The molecule has 3 N–H and O–H groups in total. The zero-order valence-corrected chi connectivity index (χ0v) is 25.6. The van der Waals surface area contributed by atoms with Crippen LogP contribution in [0.15, 0.2) is 41.8 Å². The van der Waals surface area contributed by atoms with Crippen molar-refractivity contribution in [2.24, 2.45) is 22.1 Å². The van der Waals surface area contributed by atoms with Crippen LogP contribution in [0.4, 0.5) is 0 Å². The van der Waals surface area contributed by atoms with Crippen molar-refractivity contribution < 1.29 is 24.1 Å². The maximum Gasteiger partial charge on any atom is 0.330 e. The number of hydrogen-bond acceptors (Lipinski definition) is 11. The molecule has 2 aromatic heterocycles. The largest absolute Gasteiger partial charge is 0.435 e. The maximum absolute atomic E-state index is 12.1. The Hall–Kier alpha value is -4.67. The van der Waals surface area contributed by atoms with Gasteiger partial charge in [0, 0.05) is 51.6 Å². The third-order valence-corrected chi connectivity index (χ3v) is 8.62. The van der Waals surface area contributed by atoms with Gasteiger partial charge in [0.25, 0.3) is 17.6 Å². The Balaban J connectivity index is 0.000000246. The highest BCUT2D eigenvalue weighted by molar-refractivity contribution is 5.38. The number of aliphatic hydroxyl groups is 1. The molecule has 19 heteroatoms. The fourth-order valence-corrected chi connectivity index (χ4v) is 5.69. The number of aromatic nitrogens is 4. The van der Waals surface area contributed by atoms with Crippen molar-refractivity contribution in [3.8, 4) is 0 Å². The fraction of sp³-hybridized carbons (Fsp3) is 0.654. The Bertz CT molecular complexity index is 1730. The molecule has 244 valence electrons. The van der Waals surface area contributed by atoms with E-state index in [2.05, 4.69) is 30.0 Å². The van der Waals surface area contributed by atoms with Crippen LogP contribution in [0.2, 0.25) is 0 Å². The van der Waals surface area contributed by atoms with Crippen LogP contribution in [-0.4, -0.2) is 60.8 Å². The highest BCUT2D eigenvalue weighted by Gasteiger charge is 2.55. The van der Waals surface area contributed by atoms with E-state index in [0.29, 0.717) is 24.0 Å². The molecule has 2 unspecified atom stereocenters. The zero-order valence-electron chi connectivity index (χ0n) is 25.6. The summed E-state index contributed by atoms with van der Waals surface area (Å²) in [4.78, 5) is 67.9. The molecule has 8 atom stereocenters. The van der Waals surface area contributed by atoms with Crippen LogP contribution >= 0.6 is 0 Å². The molecule has 0 bridgehead atoms. The highest BCUT2D eigenvalue weighted by Crippen LogP contribution is 2.46. The molecule has 2 aromatic rings. The quantitative estimate of drug-likeness (QED) is 0.157. The van der Waals surface area contributed by atoms with Gasteiger partial charge in [0.05, 0.1) is 24.3 Å². The molecule has 0 aliphatic carbocycles. The SMILES string of the molecule is CC[C@@]1(CO)O[C@@H](n2cc(C)c(=O)[nH]c2=O)C(N=[N+]=[N-])[C@H]1C.CC[C@@]1(OC=O)O[C@@H](n2cc(C)c(=O)[nH]c2=O)C(N=[N+]=[N-])[C@H]1C. The third-order valence-electron chi connectivity index (χ3n) is 8.62. The first-order chi connectivity index (χ1) is 21.3. The van der Waals surface area contributed by atoms with Crippen molar-refractivity contribution in [1.82, 2.24) is 19.1 Å². The van der Waals surface area contributed by atoms with Crippen LogP contribution in [0.3, 0.4) is 0 Å². The molecule has 2 fully saturated rings. The Labute approximate surface area is 255 Å². The van der Waals surface area contributed by atoms with E-state index < -0.39 is 64.3 Å². The smallest absolute Gasteiger partial charge is 0.330 e. The van der Waals surface area contributed by atoms with Gasteiger partial charge in [0.2, 0.25) is 5.79 Å². The summed E-state index contributed by atoms with van der Waals surface area (Å²) in [6.07, 6.45) is 1.63. The van der Waals surface area contributed by atoms with Gasteiger partial charge in [-0.05, 0) is 31.3 Å². The number of aromatic amines is 2. The molecular weight excluding hydrogens is 596 g/mol. The first-order valence-corrected chi connectivity index (χ1v) is 14.1. The van der Waals surface area contributed by atoms with Gasteiger partial charge in [0.15, 0.2) is 6.23 Å². The minimum absolute atomic E-state index is 0.254. The van der Waals surface area contributed by atoms with Gasteiger partial charge in [-0.2, -0.15) is 0 Å². The third kappa shape index (κ3) is 6.43. The molecule has 0 aromatic carbocycles. The van der Waals surface area contributed by atoms with E-state index in [0.717, 1.165) is 4.57 Å². The standard InChI is InChI=1S/C13H17N5O5.C13H19N5O4/c1-4-13(22-6-19)8(3)9(16-17-14)11(23-13)18-5-7(2)10(20)15-12(18)21;1-4-13(6-19)8(3)9(16-17-14)11(22-13)18-5-7(2)10(20)15-12(18)21/h5-6,8-9,11H,4H2,1-3H3,(H,15,20,21);5,8-9,11,19H,4,6H2,1-3H3,(H,15,20,21)/t8-,9?,11-,13-;8-,9?,11-,13+/m11/s1. The summed E-state index contributed by atoms with van der Waals surface area (Å²) in [6, 6.07) is -1.46. The monoisotopic (exact) mass is 632 g/mol. The lowest BCUT2D eigenvalue weighted by Crippen LogP contribution is -2.39. The number of ether oxygens (including phenoxy) is 3. The number of aliphatic hydroxyl groups excluding tert-OH is 1. The fourth-order valence-electron chi connectivity index (χ4n) is 5.69. The van der Waals surface area contributed by atoms with Crippen molar-refractivity contribution in [2.75, 3.05) is 6.61 Å². The summed E-state index contributed by atoms with van der Waals surface area (Å²) in [7, 11) is 0. The van der Waals surface area contributed by atoms with Crippen molar-refractivity contribution in [3.63, 3.8) is 0 Å². The molecule has 4 heterocycles. The lowest BCUT2D eigenvalue weighted by Gasteiger charge is -2.29. The van der Waals surface area contributed by atoms with E-state index in [-0.39, 0.29) is 19.0 Å². The van der Waals surface area contributed by atoms with E-state index >= 15 is 0 Å². The Morgan fingerprint density at radius 3 is 1.78 bits per heavy atom. The lowest BCUT2D eigenvalue weighted by molar-refractivity contribution is -0.237. The molecular formula is C26H36N10O9. The number of nitrogens with one attached hydrogen (secondary N) is 2. The number of nitrogens with zero attached hydrogens (tertiary/aromatic N) is 8. The van der Waals surface area contributed by atoms with E-state index in [4.69, 9.17) is 25.3 Å². The van der Waals surface area contributed by atoms with Crippen LogP contribution in [-0.2, 0) is 19.0 Å². The Kier molecular flexibility index (Phi) is 10.8. The minimum Gasteiger partial charge on any atom is -0.435 e. The van der Waals surface area contributed by atoms with Crippen molar-refractivity contribution in [3.05, 3.63) is 86.1 Å². The number of rotatable bonds is 9. The summed E-state index contributed by atoms with van der Waals surface area (Å²) >= 11 is 0. The van der Waals surface area contributed by atoms with Gasteiger partial charge in [0.1, 0.15) is 6.23 Å². The van der Waals surface area contributed by atoms with Crippen molar-refractivity contribution in [2.45, 2.75) is 90.3 Å². The first kappa shape index (κ1) is 34.8. The van der Waals surface area contributed by atoms with Gasteiger partial charge >= 0.3 is 11.4 Å². The topological polar surface area (TPSA) is 272 Å². The van der Waals surface area contributed by atoms with Crippen LogP contribution < -0.4 is 22.5 Å². The van der Waals surface area contributed by atoms with Crippen LogP contribution in [0.1, 0.15) is 64.1 Å². The Morgan fingerprint density at radius 2 is 1.38 bits per heavy atom. The Morgan fingerprint density at radius 1 is 0.911 bits per heavy atom. The summed E-state index contributed by atoms with van der Waals surface area (Å²) in [6.45, 7) is 10.2. The summed E-state index contributed by atoms with van der Waals surface area (Å²) < 4.78 is 19.2. The second-order valence-electron chi connectivity index (χ2n) is 10.9. The molecule has 0 amide bonds. The van der Waals surface area contributed by atoms with Gasteiger partial charge in [-0.15, -0.1) is 0 Å². The van der Waals surface area contributed by atoms with Crippen molar-refractivity contribution >= 4 is 6.47 Å². The van der Waals surface area contributed by atoms with E-state index in [1.54, 1.807) is 20.8 Å². The van der Waals surface area contributed by atoms with Gasteiger partial charge in [-0.3, -0.25) is 33.5 Å². The average Bonchev–Trinajstić information content (AvgIpc) is 3.44. The molecule has 2 aliphatic rings. The molecule has 4 rings (SSSR count). The zero-order chi connectivity index (χ0) is 33.7. The predicted molar refractivity (Wildman–Crippen MR) is 157 cm³/mol. The van der Waals surface area contributed by atoms with E-state index in [9.17, 15) is 29.1 Å². The first-order valence-electron chi connectivity index (χ1n) is 14.1. The summed E-state index contributed by atoms with van der Waals surface area (Å²) in [5, 5.41) is 17.1. The molecule has 0 radical (unpaired) electrons. The maximum atomic E-state index is 12.1. The summed E-state index contributed by atoms with van der Waals surface area (Å²) in [5.74, 6) is -2.09. The van der Waals surface area contributed by atoms with Crippen LogP contribution in [0, 0.1) is 25.7 Å². The second kappa shape index (κ2) is 14.0. The van der Waals surface area contributed by atoms with E-state index in [1.807, 2.05) is 13.8 Å². The molecule has 45 heavy (non-hydrogen) atoms. The van der Waals surface area contributed by atoms with E-state index in [1.165, 1.54) is 23.9 Å². The summed E-state index contributed by atoms with van der Waals surface area (Å²) in [5.41, 5.74) is 15.0. The van der Waals surface area contributed by atoms with Gasteiger partial charge < -0.3 is 19.3 Å². The molecule has 0 saturated carbocycles. The number of aryl methyl sites for hydroxylation is 2. The molecule has 0 spiro atoms. The van der Waals surface area contributed by atoms with Gasteiger partial charge in [-0.25, -0.2) is 9.59 Å². The molecule has 2 saturated heterocycles. The lowest BCUT2D eigenvalue weighted by atomic mass is 9.84. The molecule has 19 nitrogen and oxygen atoms in total. The number of hydrogen-bond donors (Lipinski definition) is 3. The number of carbonyl (C=O) groups excluding carboxylic acids is 1. The predicted octanol–water partition coefficient (Wildman–Crippen LogP) is 1.80. The highest BCUT2D eigenvalue weighted by atomic mass is 16.7. The normalized spacial score (nSPS) is 30.4. The minimum atomic E-state index is -1.31. The van der Waals surface area contributed by atoms with Gasteiger partial charge in [-0.1, -0.05) is 37.9 Å².